The van der Waals surface area contributed by atoms with Gasteiger partial charge in [0, 0.05) is 36.1 Å². The lowest BCUT2D eigenvalue weighted by Crippen LogP contribution is -2.04. The normalized spacial score (nSPS) is 11.0. The molecular weight excluding hydrogens is 367 g/mol. The van der Waals surface area contributed by atoms with Gasteiger partial charge in [-0.1, -0.05) is 18.3 Å². The van der Waals surface area contributed by atoms with E-state index < -0.39 is 5.97 Å². The van der Waals surface area contributed by atoms with Gasteiger partial charge in [0.2, 0.25) is 0 Å². The first kappa shape index (κ1) is 20.7. The smallest absolute Gasteiger partial charge is 0.339 e. The minimum atomic E-state index is -1.02. The van der Waals surface area contributed by atoms with E-state index in [1.54, 1.807) is 30.8 Å². The van der Waals surface area contributed by atoms with Crippen molar-refractivity contribution in [1.82, 2.24) is 9.55 Å². The Morgan fingerprint density at radius 2 is 2.11 bits per heavy atom. The van der Waals surface area contributed by atoms with E-state index in [0.717, 1.165) is 0 Å². The highest BCUT2D eigenvalue weighted by Gasteiger charge is 2.13. The number of aryl methyl sites for hydroxylation is 1. The molecule has 0 saturated carbocycles. The van der Waals surface area contributed by atoms with Crippen molar-refractivity contribution < 1.29 is 24.2 Å². The van der Waals surface area contributed by atoms with Gasteiger partial charge in [-0.2, -0.15) is 0 Å². The van der Waals surface area contributed by atoms with Crippen LogP contribution in [0.4, 0.5) is 10.2 Å². The van der Waals surface area contributed by atoms with Gasteiger partial charge in [0.25, 0.3) is 0 Å². The summed E-state index contributed by atoms with van der Waals surface area (Å²) in [5, 5.41) is 16.1. The number of oxime groups is 1. The number of carboxylic acid groups (broad SMARTS) is 1. The lowest BCUT2D eigenvalue weighted by molar-refractivity contribution is -0.00664. The molecule has 0 fully saturated rings. The van der Waals surface area contributed by atoms with E-state index in [0.29, 0.717) is 41.4 Å². The van der Waals surface area contributed by atoms with Crippen molar-refractivity contribution in [2.75, 3.05) is 5.32 Å². The van der Waals surface area contributed by atoms with Gasteiger partial charge in [-0.25, -0.2) is 4.79 Å². The molecule has 2 aromatic rings. The van der Waals surface area contributed by atoms with Gasteiger partial charge in [-0.15, -0.1) is 0 Å². The van der Waals surface area contributed by atoms with Gasteiger partial charge in [0.15, 0.2) is 5.75 Å². The fourth-order valence-electron chi connectivity index (χ4n) is 2.26. The van der Waals surface area contributed by atoms with Crippen LogP contribution in [0.1, 0.15) is 35.8 Å². The van der Waals surface area contributed by atoms with Crippen LogP contribution in [0.5, 0.6) is 5.75 Å². The third kappa shape index (κ3) is 5.70. The molecule has 0 radical (unpaired) electrons. The van der Waals surface area contributed by atoms with Crippen molar-refractivity contribution in [1.29, 1.82) is 0 Å². The van der Waals surface area contributed by atoms with Crippen LogP contribution in [-0.2, 0) is 11.9 Å². The Morgan fingerprint density at radius 3 is 2.71 bits per heavy atom. The zero-order valence-corrected chi connectivity index (χ0v) is 15.6. The van der Waals surface area contributed by atoms with Crippen molar-refractivity contribution in [3.8, 4) is 5.75 Å². The zero-order valence-electron chi connectivity index (χ0n) is 15.6. The van der Waals surface area contributed by atoms with Crippen molar-refractivity contribution in [2.24, 2.45) is 12.2 Å². The molecule has 0 aliphatic heterocycles. The van der Waals surface area contributed by atoms with Crippen LogP contribution in [0.15, 0.2) is 60.5 Å². The van der Waals surface area contributed by atoms with E-state index in [9.17, 15) is 14.4 Å². The molecule has 0 aliphatic rings. The zero-order chi connectivity index (χ0) is 20.7. The number of carbonyl (C=O) groups is 1. The topological polar surface area (TPSA) is 98.0 Å². The van der Waals surface area contributed by atoms with Crippen LogP contribution >= 0.6 is 0 Å². The minimum absolute atomic E-state index is 0.00244. The van der Waals surface area contributed by atoms with E-state index >= 15 is 0 Å². The molecule has 0 spiro atoms. The summed E-state index contributed by atoms with van der Waals surface area (Å²) in [6, 6.07) is 2.96. The maximum Gasteiger partial charge on any atom is 0.339 e. The summed E-state index contributed by atoms with van der Waals surface area (Å²) in [6.07, 6.45) is 5.31. The average molecular weight is 388 g/mol. The summed E-state index contributed by atoms with van der Waals surface area (Å²) in [6.45, 7) is 9.37. The van der Waals surface area contributed by atoms with Crippen molar-refractivity contribution >= 4 is 17.4 Å². The summed E-state index contributed by atoms with van der Waals surface area (Å²) >= 11 is 0. The molecule has 2 aromatic heterocycles. The van der Waals surface area contributed by atoms with Gasteiger partial charge in [0.05, 0.1) is 17.6 Å². The molecule has 2 heterocycles. The first-order valence-corrected chi connectivity index (χ1v) is 8.28. The third-order valence-electron chi connectivity index (χ3n) is 3.71. The predicted octanol–water partition coefficient (Wildman–Crippen LogP) is 4.04. The molecular formula is C19H21FN4O4. The molecule has 0 amide bonds. The van der Waals surface area contributed by atoms with Gasteiger partial charge >= 0.3 is 5.97 Å². The average Bonchev–Trinajstić information content (AvgIpc) is 3.04. The van der Waals surface area contributed by atoms with Crippen LogP contribution in [0.3, 0.4) is 0 Å². The first-order chi connectivity index (χ1) is 13.3. The summed E-state index contributed by atoms with van der Waals surface area (Å²) in [5.74, 6) is -0.622. The SMILES string of the molecule is C=C(CCC(=C)O/N=C(\C)c1ccc(OF)cn1)Nc1cn(C)cc1C(=O)O. The van der Waals surface area contributed by atoms with Gasteiger partial charge in [-0.05, 0) is 25.5 Å². The standard InChI is InChI=1S/C19H21FN4O4/c1-12(22-18-11-24(4)10-16(18)19(25)26)5-6-13(2)28-23-14(3)17-8-7-15(27-20)9-21-17/h7-11,22H,1-2,5-6H2,3-4H3,(H,25,26)/b23-14+. The Labute approximate surface area is 161 Å². The molecule has 148 valence electrons. The lowest BCUT2D eigenvalue weighted by atomic mass is 10.2. The van der Waals surface area contributed by atoms with Crippen molar-refractivity contribution in [2.45, 2.75) is 19.8 Å². The molecule has 2 N–H and O–H groups in total. The van der Waals surface area contributed by atoms with E-state index in [2.05, 4.69) is 33.6 Å². The van der Waals surface area contributed by atoms with E-state index in [1.807, 2.05) is 0 Å². The molecule has 8 nitrogen and oxygen atoms in total. The maximum atomic E-state index is 12.0. The fourth-order valence-corrected chi connectivity index (χ4v) is 2.26. The first-order valence-electron chi connectivity index (χ1n) is 8.28. The van der Waals surface area contributed by atoms with Crippen LogP contribution < -0.4 is 10.3 Å². The van der Waals surface area contributed by atoms with Crippen LogP contribution in [0, 0.1) is 0 Å². The highest BCUT2D eigenvalue weighted by Crippen LogP contribution is 2.20. The molecule has 0 unspecified atom stereocenters. The molecule has 28 heavy (non-hydrogen) atoms. The van der Waals surface area contributed by atoms with Gasteiger partial charge in [-0.3, -0.25) is 9.93 Å². The summed E-state index contributed by atoms with van der Waals surface area (Å²) in [4.78, 5) is 24.0. The predicted molar refractivity (Wildman–Crippen MR) is 103 cm³/mol. The molecule has 9 heteroatoms. The number of aromatic nitrogens is 2. The second kappa shape index (κ2) is 9.36. The number of hydrogen-bond acceptors (Lipinski definition) is 6. The number of nitrogens with one attached hydrogen (secondary N) is 1. The second-order valence-corrected chi connectivity index (χ2v) is 6.05. The highest BCUT2D eigenvalue weighted by atomic mass is 19.3. The van der Waals surface area contributed by atoms with Crippen LogP contribution in [0.25, 0.3) is 0 Å². The number of pyridine rings is 1. The fraction of sp³-hybridized carbons (Fsp3) is 0.211. The Morgan fingerprint density at radius 1 is 1.36 bits per heavy atom. The number of carboxylic acids is 1. The molecule has 0 aliphatic carbocycles. The third-order valence-corrected chi connectivity index (χ3v) is 3.71. The monoisotopic (exact) mass is 388 g/mol. The summed E-state index contributed by atoms with van der Waals surface area (Å²) in [5.41, 5.74) is 2.23. The molecule has 2 rings (SSSR count). The Kier molecular flexibility index (Phi) is 6.91. The number of aromatic carboxylic acids is 1. The number of hydrogen-bond donors (Lipinski definition) is 2. The van der Waals surface area contributed by atoms with Crippen LogP contribution in [-0.4, -0.2) is 26.3 Å². The van der Waals surface area contributed by atoms with Gasteiger partial charge < -0.3 is 19.8 Å². The van der Waals surface area contributed by atoms with Crippen molar-refractivity contribution in [3.05, 3.63) is 66.6 Å². The van der Waals surface area contributed by atoms with Gasteiger partial charge in [0.1, 0.15) is 17.0 Å². The number of allylic oxidation sites excluding steroid dienone is 2. The minimum Gasteiger partial charge on any atom is -0.478 e. The number of nitrogens with zero attached hydrogens (tertiary/aromatic N) is 3. The Bertz CT molecular complexity index is 903. The summed E-state index contributed by atoms with van der Waals surface area (Å²) < 4.78 is 13.7. The molecule has 0 aromatic carbocycles. The number of rotatable bonds is 10. The van der Waals surface area contributed by atoms with Crippen molar-refractivity contribution in [3.63, 3.8) is 0 Å². The Hall–Kier alpha value is -3.62. The number of halogens is 1. The molecule has 0 saturated heterocycles. The maximum absolute atomic E-state index is 12.0. The second-order valence-electron chi connectivity index (χ2n) is 6.05. The quantitative estimate of drug-likeness (QED) is 0.362. The molecule has 0 atom stereocenters. The Balaban J connectivity index is 1.84. The largest absolute Gasteiger partial charge is 0.478 e. The van der Waals surface area contributed by atoms with Crippen LogP contribution in [0.2, 0.25) is 0 Å². The van der Waals surface area contributed by atoms with E-state index in [1.165, 1.54) is 18.5 Å². The summed E-state index contributed by atoms with van der Waals surface area (Å²) in [7, 11) is 1.74. The van der Waals surface area contributed by atoms with E-state index in [4.69, 9.17) is 4.84 Å². The highest BCUT2D eigenvalue weighted by molar-refractivity contribution is 5.96. The lowest BCUT2D eigenvalue weighted by Gasteiger charge is -2.10. The van der Waals surface area contributed by atoms with E-state index in [-0.39, 0.29) is 11.3 Å². The number of anilines is 1. The molecule has 0 bridgehead atoms.